The van der Waals surface area contributed by atoms with Gasteiger partial charge in [0.1, 0.15) is 0 Å². The number of aliphatic hydroxyl groups excluding tert-OH is 1. The lowest BCUT2D eigenvalue weighted by Crippen LogP contribution is -2.48. The molecular formula is C17H28N2O3S. The fourth-order valence-electron chi connectivity index (χ4n) is 3.22. The number of aliphatic hydroxyl groups is 1. The average molecular weight is 340 g/mol. The third kappa shape index (κ3) is 4.53. The maximum absolute atomic E-state index is 12.2. The first kappa shape index (κ1) is 18.4. The van der Waals surface area contributed by atoms with Gasteiger partial charge in [0.2, 0.25) is 0 Å². The van der Waals surface area contributed by atoms with E-state index < -0.39 is 10.2 Å². The van der Waals surface area contributed by atoms with Crippen LogP contribution in [0.25, 0.3) is 0 Å². The predicted octanol–water partition coefficient (Wildman–Crippen LogP) is 1.89. The summed E-state index contributed by atoms with van der Waals surface area (Å²) in [5.41, 5.74) is 1.18. The fraction of sp³-hybridized carbons (Fsp3) is 0.647. The normalized spacial score (nSPS) is 19.1. The minimum absolute atomic E-state index is 0.132. The Labute approximate surface area is 140 Å². The van der Waals surface area contributed by atoms with Crippen LogP contribution in [0.4, 0.5) is 0 Å². The van der Waals surface area contributed by atoms with Crippen LogP contribution in [0.3, 0.4) is 0 Å². The van der Waals surface area contributed by atoms with Crippen molar-refractivity contribution in [3.8, 4) is 0 Å². The second-order valence-electron chi connectivity index (χ2n) is 6.69. The molecule has 1 N–H and O–H groups in total. The first-order valence-electron chi connectivity index (χ1n) is 8.22. The molecule has 2 rings (SSSR count). The van der Waals surface area contributed by atoms with E-state index in [1.807, 2.05) is 18.2 Å². The van der Waals surface area contributed by atoms with Crippen LogP contribution in [0.2, 0.25) is 0 Å². The van der Waals surface area contributed by atoms with Crippen LogP contribution in [0.15, 0.2) is 30.3 Å². The Balaban J connectivity index is 1.88. The van der Waals surface area contributed by atoms with Crippen LogP contribution in [0, 0.1) is 5.41 Å². The standard InChI is InChI=1S/C17H28N2O3S/c1-18(2)23(21,22)19-13-11-17(15-20,12-14-19)10-6-9-16-7-4-3-5-8-16/h3-5,7-8,20H,6,9-15H2,1-2H3. The van der Waals surface area contributed by atoms with E-state index in [4.69, 9.17) is 0 Å². The molecule has 6 heteroatoms. The van der Waals surface area contributed by atoms with Gasteiger partial charge in [-0.1, -0.05) is 30.3 Å². The lowest BCUT2D eigenvalue weighted by Gasteiger charge is -2.41. The minimum atomic E-state index is -3.34. The second kappa shape index (κ2) is 7.75. The van der Waals surface area contributed by atoms with Gasteiger partial charge in [-0.3, -0.25) is 0 Å². The second-order valence-corrected chi connectivity index (χ2v) is 8.83. The summed E-state index contributed by atoms with van der Waals surface area (Å²) >= 11 is 0. The number of benzene rings is 1. The van der Waals surface area contributed by atoms with Crippen molar-refractivity contribution in [3.05, 3.63) is 35.9 Å². The Morgan fingerprint density at radius 3 is 2.30 bits per heavy atom. The summed E-state index contributed by atoms with van der Waals surface area (Å²) < 4.78 is 27.1. The number of piperidine rings is 1. The Hall–Kier alpha value is -0.950. The Morgan fingerprint density at radius 2 is 1.78 bits per heavy atom. The van der Waals surface area contributed by atoms with Crippen LogP contribution in [0.1, 0.15) is 31.2 Å². The first-order chi connectivity index (χ1) is 10.9. The van der Waals surface area contributed by atoms with Gasteiger partial charge in [0.05, 0.1) is 0 Å². The van der Waals surface area contributed by atoms with E-state index in [2.05, 4.69) is 12.1 Å². The van der Waals surface area contributed by atoms with Gasteiger partial charge in [-0.25, -0.2) is 0 Å². The van der Waals surface area contributed by atoms with Gasteiger partial charge in [-0.15, -0.1) is 0 Å². The number of nitrogens with zero attached hydrogens (tertiary/aromatic N) is 2. The highest BCUT2D eigenvalue weighted by Crippen LogP contribution is 2.37. The van der Waals surface area contributed by atoms with E-state index >= 15 is 0 Å². The van der Waals surface area contributed by atoms with E-state index in [9.17, 15) is 13.5 Å². The molecule has 0 unspecified atom stereocenters. The summed E-state index contributed by atoms with van der Waals surface area (Å²) in [5.74, 6) is 0. The molecule has 0 aliphatic carbocycles. The topological polar surface area (TPSA) is 60.9 Å². The molecule has 1 aromatic carbocycles. The number of hydrogen-bond acceptors (Lipinski definition) is 3. The fourth-order valence-corrected chi connectivity index (χ4v) is 4.33. The van der Waals surface area contributed by atoms with Crippen molar-refractivity contribution < 1.29 is 13.5 Å². The van der Waals surface area contributed by atoms with E-state index in [-0.39, 0.29) is 12.0 Å². The molecule has 130 valence electrons. The zero-order valence-electron chi connectivity index (χ0n) is 14.1. The van der Waals surface area contributed by atoms with Gasteiger partial charge in [0, 0.05) is 33.8 Å². The Kier molecular flexibility index (Phi) is 6.19. The lowest BCUT2D eigenvalue weighted by molar-refractivity contribution is 0.0573. The summed E-state index contributed by atoms with van der Waals surface area (Å²) in [6, 6.07) is 10.3. The van der Waals surface area contributed by atoms with Gasteiger partial charge in [-0.05, 0) is 43.1 Å². The van der Waals surface area contributed by atoms with Crippen molar-refractivity contribution in [2.75, 3.05) is 33.8 Å². The van der Waals surface area contributed by atoms with Crippen molar-refractivity contribution >= 4 is 10.2 Å². The molecule has 0 aromatic heterocycles. The van der Waals surface area contributed by atoms with Gasteiger partial charge in [0.25, 0.3) is 10.2 Å². The summed E-state index contributed by atoms with van der Waals surface area (Å²) in [6.07, 6.45) is 4.41. The molecule has 0 saturated carbocycles. The molecule has 1 saturated heterocycles. The molecule has 0 bridgehead atoms. The quantitative estimate of drug-likeness (QED) is 0.824. The Morgan fingerprint density at radius 1 is 1.17 bits per heavy atom. The van der Waals surface area contributed by atoms with Crippen molar-refractivity contribution in [3.63, 3.8) is 0 Å². The third-order valence-corrected chi connectivity index (χ3v) is 6.86. The highest BCUT2D eigenvalue weighted by atomic mass is 32.2. The smallest absolute Gasteiger partial charge is 0.281 e. The molecule has 1 aliphatic rings. The molecule has 23 heavy (non-hydrogen) atoms. The van der Waals surface area contributed by atoms with E-state index in [1.165, 1.54) is 14.2 Å². The summed E-state index contributed by atoms with van der Waals surface area (Å²) in [7, 11) is -0.220. The van der Waals surface area contributed by atoms with Gasteiger partial charge in [-0.2, -0.15) is 17.0 Å². The van der Waals surface area contributed by atoms with Crippen molar-refractivity contribution in [2.45, 2.75) is 32.1 Å². The van der Waals surface area contributed by atoms with E-state index in [0.717, 1.165) is 32.1 Å². The van der Waals surface area contributed by atoms with Crippen molar-refractivity contribution in [1.82, 2.24) is 8.61 Å². The predicted molar refractivity (Wildman–Crippen MR) is 92.3 cm³/mol. The largest absolute Gasteiger partial charge is 0.396 e. The molecule has 0 spiro atoms. The highest BCUT2D eigenvalue weighted by molar-refractivity contribution is 7.86. The van der Waals surface area contributed by atoms with Crippen molar-refractivity contribution in [1.29, 1.82) is 0 Å². The maximum Gasteiger partial charge on any atom is 0.281 e. The first-order valence-corrected chi connectivity index (χ1v) is 9.62. The van der Waals surface area contributed by atoms with Gasteiger partial charge >= 0.3 is 0 Å². The number of aryl methyl sites for hydroxylation is 1. The molecule has 0 amide bonds. The molecular weight excluding hydrogens is 312 g/mol. The van der Waals surface area contributed by atoms with Gasteiger partial charge < -0.3 is 5.11 Å². The molecule has 1 heterocycles. The Bertz CT molecular complexity index is 579. The summed E-state index contributed by atoms with van der Waals surface area (Å²) in [4.78, 5) is 0. The van der Waals surface area contributed by atoms with Crippen LogP contribution in [-0.2, 0) is 16.6 Å². The van der Waals surface area contributed by atoms with Gasteiger partial charge in [0.15, 0.2) is 0 Å². The average Bonchev–Trinajstić information content (AvgIpc) is 2.56. The summed E-state index contributed by atoms with van der Waals surface area (Å²) in [6.45, 7) is 1.12. The molecule has 1 fully saturated rings. The molecule has 0 radical (unpaired) electrons. The van der Waals surface area contributed by atoms with E-state index in [0.29, 0.717) is 13.1 Å². The minimum Gasteiger partial charge on any atom is -0.396 e. The highest BCUT2D eigenvalue weighted by Gasteiger charge is 2.37. The zero-order valence-corrected chi connectivity index (χ0v) is 14.9. The maximum atomic E-state index is 12.2. The SMILES string of the molecule is CN(C)S(=O)(=O)N1CCC(CO)(CCCc2ccccc2)CC1. The van der Waals surface area contributed by atoms with Crippen LogP contribution < -0.4 is 0 Å². The van der Waals surface area contributed by atoms with Crippen molar-refractivity contribution in [2.24, 2.45) is 5.41 Å². The molecule has 0 atom stereocenters. The number of hydrogen-bond donors (Lipinski definition) is 1. The van der Waals surface area contributed by atoms with Crippen LogP contribution >= 0.6 is 0 Å². The molecule has 5 nitrogen and oxygen atoms in total. The zero-order chi connectivity index (χ0) is 16.9. The van der Waals surface area contributed by atoms with Crippen LogP contribution in [0.5, 0.6) is 0 Å². The number of rotatable bonds is 7. The van der Waals surface area contributed by atoms with Crippen LogP contribution in [-0.4, -0.2) is 55.9 Å². The monoisotopic (exact) mass is 340 g/mol. The molecule has 1 aliphatic heterocycles. The third-order valence-electron chi connectivity index (χ3n) is 4.92. The molecule has 1 aromatic rings. The summed E-state index contributed by atoms with van der Waals surface area (Å²) in [5, 5.41) is 9.86. The van der Waals surface area contributed by atoms with E-state index in [1.54, 1.807) is 14.1 Å². The lowest BCUT2D eigenvalue weighted by atomic mass is 9.75.